The van der Waals surface area contributed by atoms with E-state index in [1.807, 2.05) is 42.2 Å². The first-order valence-electron chi connectivity index (χ1n) is 9.06. The monoisotopic (exact) mass is 353 g/mol. The van der Waals surface area contributed by atoms with Crippen molar-refractivity contribution in [2.45, 2.75) is 56.9 Å². The van der Waals surface area contributed by atoms with E-state index in [1.54, 1.807) is 12.4 Å². The molecule has 1 N–H and O–H groups in total. The van der Waals surface area contributed by atoms with Gasteiger partial charge in [-0.25, -0.2) is 4.79 Å². The molecule has 2 aliphatic heterocycles. The Hall–Kier alpha value is -2.47. The van der Waals surface area contributed by atoms with Gasteiger partial charge in [0.05, 0.1) is 17.6 Å². The molecule has 2 saturated heterocycles. The van der Waals surface area contributed by atoms with Crippen LogP contribution in [0, 0.1) is 6.92 Å². The van der Waals surface area contributed by atoms with Gasteiger partial charge in [-0.1, -0.05) is 30.3 Å². The number of hydrogen-bond acceptors (Lipinski definition) is 5. The number of aryl methyl sites for hydroxylation is 1. The van der Waals surface area contributed by atoms with Crippen LogP contribution < -0.4 is 0 Å². The van der Waals surface area contributed by atoms with E-state index in [2.05, 4.69) is 9.97 Å². The number of ether oxygens (including phenoxy) is 1. The molecular formula is C20H23N3O3. The van der Waals surface area contributed by atoms with Gasteiger partial charge in [0.1, 0.15) is 12.2 Å². The lowest BCUT2D eigenvalue weighted by molar-refractivity contribution is -0.0567. The number of hydrogen-bond donors (Lipinski definition) is 1. The summed E-state index contributed by atoms with van der Waals surface area (Å²) in [7, 11) is 0. The van der Waals surface area contributed by atoms with Gasteiger partial charge in [0.2, 0.25) is 0 Å². The Bertz CT molecular complexity index is 782. The molecule has 3 heterocycles. The van der Waals surface area contributed by atoms with E-state index in [-0.39, 0.29) is 24.8 Å². The second kappa shape index (κ2) is 6.68. The summed E-state index contributed by atoms with van der Waals surface area (Å²) in [5, 5.41) is 11.2. The Morgan fingerprint density at radius 3 is 2.58 bits per heavy atom. The highest BCUT2D eigenvalue weighted by Gasteiger charge is 2.51. The van der Waals surface area contributed by atoms with Crippen LogP contribution in [0.4, 0.5) is 4.79 Å². The summed E-state index contributed by atoms with van der Waals surface area (Å²) in [6, 6.07) is 9.62. The molecule has 2 atom stereocenters. The summed E-state index contributed by atoms with van der Waals surface area (Å²) in [6.07, 6.45) is 5.73. The predicted molar refractivity (Wildman–Crippen MR) is 95.2 cm³/mol. The maximum absolute atomic E-state index is 12.6. The third kappa shape index (κ3) is 3.17. The number of benzene rings is 1. The van der Waals surface area contributed by atoms with Gasteiger partial charge in [-0.2, -0.15) is 0 Å². The molecule has 4 rings (SSSR count). The second-order valence-electron chi connectivity index (χ2n) is 7.32. The lowest BCUT2D eigenvalue weighted by Gasteiger charge is -2.42. The zero-order valence-corrected chi connectivity index (χ0v) is 14.8. The van der Waals surface area contributed by atoms with Crippen LogP contribution in [0.3, 0.4) is 0 Å². The quantitative estimate of drug-likeness (QED) is 0.918. The largest absolute Gasteiger partial charge is 0.445 e. The molecule has 2 aliphatic rings. The zero-order chi connectivity index (χ0) is 18.1. The van der Waals surface area contributed by atoms with E-state index in [0.717, 1.165) is 24.1 Å². The average Bonchev–Trinajstić information content (AvgIpc) is 2.93. The van der Waals surface area contributed by atoms with Crippen LogP contribution in [0.1, 0.15) is 42.6 Å². The Labute approximate surface area is 152 Å². The number of rotatable bonds is 3. The summed E-state index contributed by atoms with van der Waals surface area (Å²) >= 11 is 0. The minimum absolute atomic E-state index is 0.0238. The van der Waals surface area contributed by atoms with E-state index in [4.69, 9.17) is 4.74 Å². The molecule has 26 heavy (non-hydrogen) atoms. The lowest BCUT2D eigenvalue weighted by atomic mass is 9.83. The van der Waals surface area contributed by atoms with Crippen molar-refractivity contribution in [1.82, 2.24) is 14.9 Å². The number of carbonyl (C=O) groups is 1. The first kappa shape index (κ1) is 17.0. The van der Waals surface area contributed by atoms with Crippen molar-refractivity contribution in [3.8, 4) is 0 Å². The maximum Gasteiger partial charge on any atom is 0.410 e. The van der Waals surface area contributed by atoms with Crippen LogP contribution in [0.2, 0.25) is 0 Å². The second-order valence-corrected chi connectivity index (χ2v) is 7.32. The van der Waals surface area contributed by atoms with Crippen LogP contribution in [-0.4, -0.2) is 38.2 Å². The van der Waals surface area contributed by atoms with E-state index >= 15 is 0 Å². The minimum atomic E-state index is -1.03. The number of piperidine rings is 1. The number of carbonyl (C=O) groups excluding carboxylic acids is 1. The molecule has 0 spiro atoms. The van der Waals surface area contributed by atoms with Gasteiger partial charge in [0.15, 0.2) is 0 Å². The molecule has 6 heteroatoms. The Kier molecular flexibility index (Phi) is 4.36. The number of aliphatic hydroxyl groups is 1. The Morgan fingerprint density at radius 2 is 1.92 bits per heavy atom. The Balaban J connectivity index is 1.46. The van der Waals surface area contributed by atoms with Crippen molar-refractivity contribution in [3.63, 3.8) is 0 Å². The summed E-state index contributed by atoms with van der Waals surface area (Å²) in [5.74, 6) is 0. The van der Waals surface area contributed by atoms with Crippen molar-refractivity contribution in [3.05, 3.63) is 59.7 Å². The normalized spacial score (nSPS) is 27.4. The summed E-state index contributed by atoms with van der Waals surface area (Å²) in [6.45, 7) is 2.13. The first-order chi connectivity index (χ1) is 12.5. The third-order valence-electron chi connectivity index (χ3n) is 5.41. The SMILES string of the molecule is Cc1cncc(C2(O)CC3CCC(C2)N3C(=O)OCc2ccccc2)n1. The van der Waals surface area contributed by atoms with Crippen LogP contribution in [-0.2, 0) is 16.9 Å². The fourth-order valence-corrected chi connectivity index (χ4v) is 4.21. The molecule has 2 unspecified atom stereocenters. The van der Waals surface area contributed by atoms with Crippen molar-refractivity contribution < 1.29 is 14.6 Å². The van der Waals surface area contributed by atoms with E-state index in [9.17, 15) is 9.90 Å². The van der Waals surface area contributed by atoms with Gasteiger partial charge < -0.3 is 14.7 Å². The van der Waals surface area contributed by atoms with Gasteiger partial charge in [-0.15, -0.1) is 0 Å². The number of fused-ring (bicyclic) bond motifs is 2. The molecule has 2 aromatic rings. The van der Waals surface area contributed by atoms with E-state index in [1.165, 1.54) is 0 Å². The highest BCUT2D eigenvalue weighted by atomic mass is 16.6. The van der Waals surface area contributed by atoms with Crippen LogP contribution >= 0.6 is 0 Å². The van der Waals surface area contributed by atoms with Crippen molar-refractivity contribution in [1.29, 1.82) is 0 Å². The van der Waals surface area contributed by atoms with Crippen molar-refractivity contribution in [2.24, 2.45) is 0 Å². The lowest BCUT2D eigenvalue weighted by Crippen LogP contribution is -2.52. The molecule has 0 aliphatic carbocycles. The maximum atomic E-state index is 12.6. The molecule has 1 aromatic heterocycles. The smallest absolute Gasteiger partial charge is 0.410 e. The summed E-state index contributed by atoms with van der Waals surface area (Å²) in [5.41, 5.74) is 1.33. The molecule has 0 saturated carbocycles. The topological polar surface area (TPSA) is 75.6 Å². The fourth-order valence-electron chi connectivity index (χ4n) is 4.21. The van der Waals surface area contributed by atoms with Gasteiger partial charge in [0, 0.05) is 31.1 Å². The molecule has 1 aromatic carbocycles. The minimum Gasteiger partial charge on any atom is -0.445 e. The molecular weight excluding hydrogens is 330 g/mol. The molecule has 1 amide bonds. The van der Waals surface area contributed by atoms with Gasteiger partial charge in [-0.05, 0) is 25.3 Å². The summed E-state index contributed by atoms with van der Waals surface area (Å²) < 4.78 is 5.52. The van der Waals surface area contributed by atoms with Gasteiger partial charge >= 0.3 is 6.09 Å². The molecule has 0 radical (unpaired) electrons. The standard InChI is InChI=1S/C20H23N3O3/c1-14-11-21-12-18(22-14)20(25)9-16-7-8-17(10-20)23(16)19(24)26-13-15-5-3-2-4-6-15/h2-6,11-12,16-17,25H,7-10,13H2,1H3. The summed E-state index contributed by atoms with van der Waals surface area (Å²) in [4.78, 5) is 23.1. The van der Waals surface area contributed by atoms with Gasteiger partial charge in [-0.3, -0.25) is 9.97 Å². The molecule has 2 bridgehead atoms. The Morgan fingerprint density at radius 1 is 1.23 bits per heavy atom. The van der Waals surface area contributed by atoms with Crippen molar-refractivity contribution >= 4 is 6.09 Å². The van der Waals surface area contributed by atoms with Crippen LogP contribution in [0.5, 0.6) is 0 Å². The highest BCUT2D eigenvalue weighted by Crippen LogP contribution is 2.45. The molecule has 2 fully saturated rings. The average molecular weight is 353 g/mol. The van der Waals surface area contributed by atoms with Crippen LogP contribution in [0.25, 0.3) is 0 Å². The molecule has 6 nitrogen and oxygen atoms in total. The van der Waals surface area contributed by atoms with E-state index < -0.39 is 5.60 Å². The first-order valence-corrected chi connectivity index (χ1v) is 9.06. The molecule has 136 valence electrons. The third-order valence-corrected chi connectivity index (χ3v) is 5.41. The number of amides is 1. The van der Waals surface area contributed by atoms with Crippen LogP contribution in [0.15, 0.2) is 42.7 Å². The highest BCUT2D eigenvalue weighted by molar-refractivity contribution is 5.69. The fraction of sp³-hybridized carbons (Fsp3) is 0.450. The van der Waals surface area contributed by atoms with Gasteiger partial charge in [0.25, 0.3) is 0 Å². The number of nitrogens with zero attached hydrogens (tertiary/aromatic N) is 3. The zero-order valence-electron chi connectivity index (χ0n) is 14.8. The van der Waals surface area contributed by atoms with Crippen molar-refractivity contribution in [2.75, 3.05) is 0 Å². The number of aromatic nitrogens is 2. The van der Waals surface area contributed by atoms with E-state index in [0.29, 0.717) is 18.5 Å². The predicted octanol–water partition coefficient (Wildman–Crippen LogP) is 2.94.